The lowest BCUT2D eigenvalue weighted by Crippen LogP contribution is -2.35. The Balaban J connectivity index is 2.33. The number of anilines is 1. The number of nitrogens with zero attached hydrogens (tertiary/aromatic N) is 1. The number of aromatic nitrogens is 1. The highest BCUT2D eigenvalue weighted by molar-refractivity contribution is 7.13. The van der Waals surface area contributed by atoms with E-state index in [1.807, 2.05) is 30.3 Å². The lowest BCUT2D eigenvalue weighted by atomic mass is 9.93. The summed E-state index contributed by atoms with van der Waals surface area (Å²) in [5, 5.41) is 4.45. The van der Waals surface area contributed by atoms with Crippen LogP contribution in [0.1, 0.15) is 72.1 Å². The summed E-state index contributed by atoms with van der Waals surface area (Å²) < 4.78 is 21.6. The first-order chi connectivity index (χ1) is 16.8. The SMILES string of the molecule is CCOC(=O)C(c1csc(NC(=O)OC(C)(C)C)n1)C(CCc1ccccc1)OC(=O)OC(C)(C)C. The van der Waals surface area contributed by atoms with Crippen molar-refractivity contribution in [3.8, 4) is 0 Å². The van der Waals surface area contributed by atoms with Gasteiger partial charge in [-0.25, -0.2) is 14.6 Å². The van der Waals surface area contributed by atoms with Gasteiger partial charge in [0.1, 0.15) is 23.2 Å². The highest BCUT2D eigenvalue weighted by Gasteiger charge is 2.37. The molecule has 1 N–H and O–H groups in total. The fourth-order valence-corrected chi connectivity index (χ4v) is 3.95. The molecule has 198 valence electrons. The molecule has 0 saturated heterocycles. The van der Waals surface area contributed by atoms with Gasteiger partial charge in [-0.15, -0.1) is 11.3 Å². The van der Waals surface area contributed by atoms with Crippen LogP contribution in [0.3, 0.4) is 0 Å². The summed E-state index contributed by atoms with van der Waals surface area (Å²) >= 11 is 1.13. The van der Waals surface area contributed by atoms with Gasteiger partial charge in [-0.05, 0) is 66.9 Å². The van der Waals surface area contributed by atoms with Crippen molar-refractivity contribution in [2.75, 3.05) is 11.9 Å². The Morgan fingerprint density at radius 1 is 1.00 bits per heavy atom. The van der Waals surface area contributed by atoms with E-state index in [0.29, 0.717) is 18.5 Å². The summed E-state index contributed by atoms with van der Waals surface area (Å²) in [4.78, 5) is 42.3. The van der Waals surface area contributed by atoms with E-state index in [1.54, 1.807) is 53.8 Å². The van der Waals surface area contributed by atoms with E-state index in [4.69, 9.17) is 18.9 Å². The Morgan fingerprint density at radius 3 is 2.22 bits per heavy atom. The molecule has 2 atom stereocenters. The largest absolute Gasteiger partial charge is 0.509 e. The van der Waals surface area contributed by atoms with E-state index in [1.165, 1.54) is 0 Å². The minimum Gasteiger partial charge on any atom is -0.465 e. The second-order valence-corrected chi connectivity index (χ2v) is 10.9. The van der Waals surface area contributed by atoms with E-state index in [9.17, 15) is 14.4 Å². The molecular formula is C26H36N2O7S. The van der Waals surface area contributed by atoms with Crippen molar-refractivity contribution < 1.29 is 33.3 Å². The second-order valence-electron chi connectivity index (χ2n) is 10.1. The normalized spacial score (nSPS) is 13.3. The van der Waals surface area contributed by atoms with Crippen LogP contribution in [0.4, 0.5) is 14.7 Å². The van der Waals surface area contributed by atoms with Crippen LogP contribution >= 0.6 is 11.3 Å². The monoisotopic (exact) mass is 520 g/mol. The molecule has 0 saturated carbocycles. The smallest absolute Gasteiger partial charge is 0.465 e. The van der Waals surface area contributed by atoms with E-state index in [-0.39, 0.29) is 11.7 Å². The Hall–Kier alpha value is -3.14. The predicted octanol–water partition coefficient (Wildman–Crippen LogP) is 6.09. The molecule has 10 heteroatoms. The lowest BCUT2D eigenvalue weighted by molar-refractivity contribution is -0.148. The molecule has 36 heavy (non-hydrogen) atoms. The number of nitrogens with one attached hydrogen (secondary N) is 1. The molecule has 9 nitrogen and oxygen atoms in total. The van der Waals surface area contributed by atoms with Crippen molar-refractivity contribution in [2.45, 2.75) is 84.5 Å². The molecule has 0 aliphatic carbocycles. The fourth-order valence-electron chi connectivity index (χ4n) is 3.22. The zero-order valence-electron chi connectivity index (χ0n) is 22.0. The van der Waals surface area contributed by atoms with Crippen LogP contribution < -0.4 is 5.32 Å². The van der Waals surface area contributed by atoms with Gasteiger partial charge >= 0.3 is 18.2 Å². The minimum atomic E-state index is -1.02. The maximum atomic E-state index is 13.1. The number of benzene rings is 1. The van der Waals surface area contributed by atoms with Crippen molar-refractivity contribution in [3.05, 3.63) is 47.0 Å². The molecule has 0 fully saturated rings. The van der Waals surface area contributed by atoms with Gasteiger partial charge in [0.15, 0.2) is 5.13 Å². The topological polar surface area (TPSA) is 113 Å². The maximum Gasteiger partial charge on any atom is 0.509 e. The molecule has 0 aliphatic heterocycles. The third-order valence-corrected chi connectivity index (χ3v) is 5.33. The quantitative estimate of drug-likeness (QED) is 0.312. The van der Waals surface area contributed by atoms with Crippen LogP contribution in [-0.4, -0.2) is 47.1 Å². The number of rotatable bonds is 9. The van der Waals surface area contributed by atoms with Crippen molar-refractivity contribution >= 4 is 34.7 Å². The standard InChI is InChI=1S/C26H36N2O7S/c1-8-32-21(29)20(18-16-36-22(27-18)28-23(30)34-25(2,3)4)19(33-24(31)35-26(5,6)7)15-14-17-12-10-9-11-13-17/h9-13,16,19-20H,8,14-15H2,1-7H3,(H,27,28,30). The van der Waals surface area contributed by atoms with E-state index in [2.05, 4.69) is 10.3 Å². The summed E-state index contributed by atoms with van der Waals surface area (Å²) in [5.74, 6) is -1.61. The molecule has 1 amide bonds. The first-order valence-corrected chi connectivity index (χ1v) is 12.7. The number of hydrogen-bond donors (Lipinski definition) is 1. The molecule has 1 aromatic heterocycles. The van der Waals surface area contributed by atoms with Crippen molar-refractivity contribution in [1.29, 1.82) is 0 Å². The second kappa shape index (κ2) is 12.7. The number of carbonyl (C=O) groups excluding carboxylic acids is 3. The molecule has 0 bridgehead atoms. The van der Waals surface area contributed by atoms with Crippen LogP contribution in [0.15, 0.2) is 35.7 Å². The molecule has 2 rings (SSSR count). The van der Waals surface area contributed by atoms with E-state index in [0.717, 1.165) is 16.9 Å². The van der Waals surface area contributed by atoms with E-state index < -0.39 is 41.4 Å². The van der Waals surface area contributed by atoms with Crippen molar-refractivity contribution in [2.24, 2.45) is 0 Å². The van der Waals surface area contributed by atoms with Crippen LogP contribution in [0.5, 0.6) is 0 Å². The number of esters is 1. The Bertz CT molecular complexity index is 1010. The highest BCUT2D eigenvalue weighted by atomic mass is 32.1. The molecule has 0 radical (unpaired) electrons. The Labute approximate surface area is 216 Å². The predicted molar refractivity (Wildman–Crippen MR) is 137 cm³/mol. The lowest BCUT2D eigenvalue weighted by Gasteiger charge is -2.26. The summed E-state index contributed by atoms with van der Waals surface area (Å²) in [6.45, 7) is 12.3. The number of hydrogen-bond acceptors (Lipinski definition) is 9. The summed E-state index contributed by atoms with van der Waals surface area (Å²) in [7, 11) is 0. The highest BCUT2D eigenvalue weighted by Crippen LogP contribution is 2.31. The molecule has 1 aromatic carbocycles. The average molecular weight is 521 g/mol. The Kier molecular flexibility index (Phi) is 10.3. The van der Waals surface area contributed by atoms with Crippen LogP contribution in [-0.2, 0) is 30.2 Å². The number of aryl methyl sites for hydroxylation is 1. The first-order valence-electron chi connectivity index (χ1n) is 11.8. The average Bonchev–Trinajstić information content (AvgIpc) is 3.17. The number of carbonyl (C=O) groups is 3. The maximum absolute atomic E-state index is 13.1. The van der Waals surface area contributed by atoms with Gasteiger partial charge in [0.05, 0.1) is 12.3 Å². The van der Waals surface area contributed by atoms with Gasteiger partial charge in [-0.1, -0.05) is 30.3 Å². The molecule has 2 aromatic rings. The zero-order chi connectivity index (χ0) is 26.9. The van der Waals surface area contributed by atoms with Crippen LogP contribution in [0.25, 0.3) is 0 Å². The Morgan fingerprint density at radius 2 is 1.64 bits per heavy atom. The molecule has 0 aliphatic rings. The van der Waals surface area contributed by atoms with Gasteiger partial charge < -0.3 is 18.9 Å². The van der Waals surface area contributed by atoms with Gasteiger partial charge in [-0.3, -0.25) is 10.1 Å². The van der Waals surface area contributed by atoms with E-state index >= 15 is 0 Å². The van der Waals surface area contributed by atoms with Gasteiger partial charge in [0.25, 0.3) is 0 Å². The fraction of sp³-hybridized carbons (Fsp3) is 0.538. The molecule has 0 spiro atoms. The third-order valence-electron chi connectivity index (χ3n) is 4.56. The summed E-state index contributed by atoms with van der Waals surface area (Å²) in [6, 6.07) is 9.65. The van der Waals surface area contributed by atoms with Gasteiger partial charge in [0.2, 0.25) is 0 Å². The number of amides is 1. The molecule has 1 heterocycles. The summed E-state index contributed by atoms with van der Waals surface area (Å²) in [5.41, 5.74) is -0.123. The van der Waals surface area contributed by atoms with Crippen molar-refractivity contribution in [3.63, 3.8) is 0 Å². The van der Waals surface area contributed by atoms with Crippen LogP contribution in [0.2, 0.25) is 0 Å². The third kappa shape index (κ3) is 10.2. The molecular weight excluding hydrogens is 484 g/mol. The van der Waals surface area contributed by atoms with Crippen LogP contribution in [0, 0.1) is 0 Å². The van der Waals surface area contributed by atoms with Gasteiger partial charge in [-0.2, -0.15) is 0 Å². The number of thiazole rings is 1. The minimum absolute atomic E-state index is 0.139. The zero-order valence-corrected chi connectivity index (χ0v) is 22.8. The van der Waals surface area contributed by atoms with Gasteiger partial charge in [0, 0.05) is 5.38 Å². The van der Waals surface area contributed by atoms with Crippen molar-refractivity contribution in [1.82, 2.24) is 4.98 Å². The molecule has 2 unspecified atom stereocenters. The number of ether oxygens (including phenoxy) is 4. The first kappa shape index (κ1) is 29.1. The summed E-state index contributed by atoms with van der Waals surface area (Å²) in [6.07, 6.45) is -1.62.